The van der Waals surface area contributed by atoms with Crippen molar-refractivity contribution in [3.8, 4) is 0 Å². The Morgan fingerprint density at radius 2 is 1.96 bits per heavy atom. The number of hydrogen-bond acceptors (Lipinski definition) is 5. The van der Waals surface area contributed by atoms with Gasteiger partial charge in [0.25, 0.3) is 5.91 Å². The van der Waals surface area contributed by atoms with E-state index >= 15 is 0 Å². The maximum absolute atomic E-state index is 12.8. The summed E-state index contributed by atoms with van der Waals surface area (Å²) in [5.74, 6) is -0.133. The molecule has 0 spiro atoms. The van der Waals surface area contributed by atoms with Gasteiger partial charge >= 0.3 is 0 Å². The Bertz CT molecular complexity index is 731. The standard InChI is InChI=1S/C16H23N3O4S/c1-17(2)14-10-19(11-15(14)20)24(22,23)13-6-3-5-12(9-13)16(21)18-7-4-8-18/h3,5-6,9,14-15,20H,4,7-8,10-11H2,1-2H3/t14-,15-/m1/s1. The Morgan fingerprint density at radius 3 is 2.50 bits per heavy atom. The van der Waals surface area contributed by atoms with Crippen LogP contribution in [0.15, 0.2) is 29.2 Å². The molecule has 1 aromatic carbocycles. The van der Waals surface area contributed by atoms with E-state index in [-0.39, 0.29) is 29.9 Å². The highest BCUT2D eigenvalue weighted by molar-refractivity contribution is 7.89. The third kappa shape index (κ3) is 3.06. The Morgan fingerprint density at radius 1 is 1.25 bits per heavy atom. The summed E-state index contributed by atoms with van der Waals surface area (Å²) in [4.78, 5) is 15.9. The average molecular weight is 353 g/mol. The zero-order chi connectivity index (χ0) is 17.5. The molecule has 1 aromatic rings. The normalized spacial score (nSPS) is 25.1. The lowest BCUT2D eigenvalue weighted by Crippen LogP contribution is -2.42. The predicted octanol–water partition coefficient (Wildman–Crippen LogP) is -0.172. The van der Waals surface area contributed by atoms with Crippen LogP contribution in [0.25, 0.3) is 0 Å². The lowest BCUT2D eigenvalue weighted by Gasteiger charge is -2.31. The Labute approximate surface area is 142 Å². The van der Waals surface area contributed by atoms with Crippen LogP contribution >= 0.6 is 0 Å². The number of rotatable bonds is 4. The molecule has 2 fully saturated rings. The second-order valence-electron chi connectivity index (χ2n) is 6.59. The lowest BCUT2D eigenvalue weighted by atomic mass is 10.1. The van der Waals surface area contributed by atoms with Crippen LogP contribution in [0.2, 0.25) is 0 Å². The van der Waals surface area contributed by atoms with Crippen molar-refractivity contribution in [2.24, 2.45) is 0 Å². The number of benzene rings is 1. The molecule has 0 saturated carbocycles. The van der Waals surface area contributed by atoms with Gasteiger partial charge in [0, 0.05) is 31.7 Å². The van der Waals surface area contributed by atoms with E-state index in [1.807, 2.05) is 19.0 Å². The van der Waals surface area contributed by atoms with E-state index in [1.165, 1.54) is 16.4 Å². The topological polar surface area (TPSA) is 81.2 Å². The van der Waals surface area contributed by atoms with Crippen molar-refractivity contribution >= 4 is 15.9 Å². The first-order valence-corrected chi connectivity index (χ1v) is 9.48. The van der Waals surface area contributed by atoms with Crippen molar-refractivity contribution in [2.75, 3.05) is 40.3 Å². The van der Waals surface area contributed by atoms with Crippen molar-refractivity contribution in [1.82, 2.24) is 14.1 Å². The smallest absolute Gasteiger partial charge is 0.253 e. The molecule has 2 aliphatic heterocycles. The average Bonchev–Trinajstić information content (AvgIpc) is 2.88. The highest BCUT2D eigenvalue weighted by Gasteiger charge is 2.39. The van der Waals surface area contributed by atoms with Crippen molar-refractivity contribution in [3.05, 3.63) is 29.8 Å². The summed E-state index contributed by atoms with van der Waals surface area (Å²) in [6.45, 7) is 1.74. The van der Waals surface area contributed by atoms with Crippen molar-refractivity contribution in [3.63, 3.8) is 0 Å². The molecule has 2 heterocycles. The first-order chi connectivity index (χ1) is 11.3. The van der Waals surface area contributed by atoms with Gasteiger partial charge in [-0.15, -0.1) is 0 Å². The SMILES string of the molecule is CN(C)[C@@H]1CN(S(=O)(=O)c2cccc(C(=O)N3CCC3)c2)C[C@H]1O. The Balaban J connectivity index is 1.84. The fourth-order valence-electron chi connectivity index (χ4n) is 3.08. The molecule has 1 amide bonds. The van der Waals surface area contributed by atoms with E-state index < -0.39 is 16.1 Å². The Hall–Kier alpha value is -1.48. The number of aliphatic hydroxyl groups is 1. The largest absolute Gasteiger partial charge is 0.390 e. The highest BCUT2D eigenvalue weighted by atomic mass is 32.2. The molecular formula is C16H23N3O4S. The zero-order valence-electron chi connectivity index (χ0n) is 13.9. The molecule has 0 bridgehead atoms. The second-order valence-corrected chi connectivity index (χ2v) is 8.53. The van der Waals surface area contributed by atoms with Crippen LogP contribution in [0, 0.1) is 0 Å². The summed E-state index contributed by atoms with van der Waals surface area (Å²) in [6.07, 6.45) is 0.266. The number of aliphatic hydroxyl groups excluding tert-OH is 1. The summed E-state index contributed by atoms with van der Waals surface area (Å²) in [5, 5.41) is 10.1. The molecular weight excluding hydrogens is 330 g/mol. The summed E-state index contributed by atoms with van der Waals surface area (Å²) >= 11 is 0. The van der Waals surface area contributed by atoms with Gasteiger partial charge in [0.2, 0.25) is 10.0 Å². The van der Waals surface area contributed by atoms with Gasteiger partial charge < -0.3 is 14.9 Å². The molecule has 7 nitrogen and oxygen atoms in total. The molecule has 0 unspecified atom stereocenters. The predicted molar refractivity (Wildman–Crippen MR) is 89.2 cm³/mol. The van der Waals surface area contributed by atoms with Crippen molar-refractivity contribution in [1.29, 1.82) is 0 Å². The molecule has 132 valence electrons. The van der Waals surface area contributed by atoms with E-state index in [2.05, 4.69) is 0 Å². The third-order valence-corrected chi connectivity index (χ3v) is 6.58. The third-order valence-electron chi connectivity index (χ3n) is 4.75. The van der Waals surface area contributed by atoms with E-state index in [4.69, 9.17) is 0 Å². The van der Waals surface area contributed by atoms with Crippen molar-refractivity contribution < 1.29 is 18.3 Å². The highest BCUT2D eigenvalue weighted by Crippen LogP contribution is 2.24. The van der Waals surface area contributed by atoms with Crippen LogP contribution in [-0.4, -0.2) is 86.0 Å². The minimum atomic E-state index is -3.73. The number of likely N-dealkylation sites (N-methyl/N-ethyl adjacent to an activating group) is 1. The molecule has 1 N–H and O–H groups in total. The number of hydrogen-bond donors (Lipinski definition) is 1. The molecule has 0 aliphatic carbocycles. The summed E-state index contributed by atoms with van der Waals surface area (Å²) in [7, 11) is -0.101. The van der Waals surface area contributed by atoms with Crippen LogP contribution < -0.4 is 0 Å². The van der Waals surface area contributed by atoms with Gasteiger partial charge in [-0.2, -0.15) is 4.31 Å². The molecule has 2 aliphatic rings. The van der Waals surface area contributed by atoms with E-state index in [0.29, 0.717) is 5.56 Å². The summed E-state index contributed by atoms with van der Waals surface area (Å²) in [6, 6.07) is 5.94. The molecule has 8 heteroatoms. The maximum Gasteiger partial charge on any atom is 0.253 e. The fourth-order valence-corrected chi connectivity index (χ4v) is 4.60. The van der Waals surface area contributed by atoms with Gasteiger partial charge in [-0.25, -0.2) is 8.42 Å². The maximum atomic E-state index is 12.8. The second kappa shape index (κ2) is 6.44. The van der Waals surface area contributed by atoms with Gasteiger partial charge in [-0.3, -0.25) is 4.79 Å². The zero-order valence-corrected chi connectivity index (χ0v) is 14.7. The quantitative estimate of drug-likeness (QED) is 0.813. The first-order valence-electron chi connectivity index (χ1n) is 8.04. The molecule has 2 saturated heterocycles. The number of sulfonamides is 1. The number of β-amino-alcohol motifs (C(OH)–C–C–N with tert-alkyl or cyclic N) is 1. The van der Waals surface area contributed by atoms with Crippen LogP contribution in [0.4, 0.5) is 0 Å². The van der Waals surface area contributed by atoms with E-state index in [1.54, 1.807) is 17.0 Å². The van der Waals surface area contributed by atoms with Crippen LogP contribution in [0.1, 0.15) is 16.8 Å². The van der Waals surface area contributed by atoms with Crippen LogP contribution in [0.3, 0.4) is 0 Å². The summed E-state index contributed by atoms with van der Waals surface area (Å²) in [5.41, 5.74) is 0.389. The number of carbonyl (C=O) groups excluding carboxylic acids is 1. The van der Waals surface area contributed by atoms with Crippen LogP contribution in [0.5, 0.6) is 0 Å². The Kier molecular flexibility index (Phi) is 4.65. The van der Waals surface area contributed by atoms with Gasteiger partial charge in [0.1, 0.15) is 0 Å². The van der Waals surface area contributed by atoms with Gasteiger partial charge in [0.05, 0.1) is 17.0 Å². The van der Waals surface area contributed by atoms with Crippen molar-refractivity contribution in [2.45, 2.75) is 23.5 Å². The molecule has 0 aromatic heterocycles. The number of nitrogens with zero attached hydrogens (tertiary/aromatic N) is 3. The van der Waals surface area contributed by atoms with Gasteiger partial charge in [-0.1, -0.05) is 6.07 Å². The van der Waals surface area contributed by atoms with E-state index in [9.17, 15) is 18.3 Å². The van der Waals surface area contributed by atoms with Gasteiger partial charge in [0.15, 0.2) is 0 Å². The first kappa shape index (κ1) is 17.3. The van der Waals surface area contributed by atoms with Gasteiger partial charge in [-0.05, 0) is 38.7 Å². The number of likely N-dealkylation sites (tertiary alicyclic amines) is 1. The van der Waals surface area contributed by atoms with E-state index in [0.717, 1.165) is 19.5 Å². The molecule has 3 rings (SSSR count). The fraction of sp³-hybridized carbons (Fsp3) is 0.562. The van der Waals surface area contributed by atoms with Crippen LogP contribution in [-0.2, 0) is 10.0 Å². The molecule has 0 radical (unpaired) electrons. The number of carbonyl (C=O) groups is 1. The minimum Gasteiger partial charge on any atom is -0.390 e. The lowest BCUT2D eigenvalue weighted by molar-refractivity contribution is 0.0651. The molecule has 24 heavy (non-hydrogen) atoms. The minimum absolute atomic E-state index is 0.0650. The summed E-state index contributed by atoms with van der Waals surface area (Å²) < 4.78 is 27.0. The number of amides is 1. The monoisotopic (exact) mass is 353 g/mol. The molecule has 2 atom stereocenters.